The minimum absolute atomic E-state index is 0.201. The molecule has 0 radical (unpaired) electrons. The first-order valence-corrected chi connectivity index (χ1v) is 6.53. The molecule has 3 nitrogen and oxygen atoms in total. The van der Waals surface area contributed by atoms with Gasteiger partial charge < -0.3 is 10.8 Å². The molecule has 2 rings (SSSR count). The van der Waals surface area contributed by atoms with Crippen molar-refractivity contribution < 1.29 is 9.50 Å². The van der Waals surface area contributed by atoms with Gasteiger partial charge in [0.25, 0.3) is 0 Å². The molecule has 18 heavy (non-hydrogen) atoms. The molecule has 0 amide bonds. The lowest BCUT2D eigenvalue weighted by Crippen LogP contribution is -2.21. The SMILES string of the molecule is NCc1ccc(F)cc1CN1CCC(CCO)C1. The van der Waals surface area contributed by atoms with Gasteiger partial charge in [-0.25, -0.2) is 4.39 Å². The van der Waals surface area contributed by atoms with Crippen molar-refractivity contribution in [1.82, 2.24) is 4.90 Å². The molecule has 0 spiro atoms. The third kappa shape index (κ3) is 3.28. The van der Waals surface area contributed by atoms with Gasteiger partial charge in [-0.3, -0.25) is 4.90 Å². The van der Waals surface area contributed by atoms with Crippen molar-refractivity contribution in [2.45, 2.75) is 25.9 Å². The highest BCUT2D eigenvalue weighted by molar-refractivity contribution is 5.27. The van der Waals surface area contributed by atoms with Crippen molar-refractivity contribution in [3.8, 4) is 0 Å². The quantitative estimate of drug-likeness (QED) is 0.834. The van der Waals surface area contributed by atoms with E-state index < -0.39 is 0 Å². The number of rotatable bonds is 5. The lowest BCUT2D eigenvalue weighted by Gasteiger charge is -2.18. The predicted octanol–water partition coefficient (Wildman–Crippen LogP) is 1.49. The summed E-state index contributed by atoms with van der Waals surface area (Å²) in [5.74, 6) is 0.373. The van der Waals surface area contributed by atoms with Gasteiger partial charge in [-0.2, -0.15) is 0 Å². The number of aliphatic hydroxyl groups excluding tert-OH is 1. The molecule has 0 aliphatic carbocycles. The fraction of sp³-hybridized carbons (Fsp3) is 0.571. The Hall–Kier alpha value is -0.970. The topological polar surface area (TPSA) is 49.5 Å². The van der Waals surface area contributed by atoms with Crippen molar-refractivity contribution in [3.05, 3.63) is 35.1 Å². The maximum atomic E-state index is 13.3. The predicted molar refractivity (Wildman–Crippen MR) is 69.4 cm³/mol. The summed E-state index contributed by atoms with van der Waals surface area (Å²) in [7, 11) is 0. The Morgan fingerprint density at radius 3 is 2.94 bits per heavy atom. The van der Waals surface area contributed by atoms with Crippen LogP contribution in [0.15, 0.2) is 18.2 Å². The minimum atomic E-state index is -0.201. The summed E-state index contributed by atoms with van der Waals surface area (Å²) in [5, 5.41) is 8.94. The number of hydrogen-bond acceptors (Lipinski definition) is 3. The Balaban J connectivity index is 1.99. The van der Waals surface area contributed by atoms with Crippen LogP contribution in [0.3, 0.4) is 0 Å². The van der Waals surface area contributed by atoms with Crippen LogP contribution in [0.1, 0.15) is 24.0 Å². The Morgan fingerprint density at radius 2 is 2.22 bits per heavy atom. The van der Waals surface area contributed by atoms with Crippen LogP contribution in [0.4, 0.5) is 4.39 Å². The Kier molecular flexibility index (Phi) is 4.69. The molecule has 0 bridgehead atoms. The Bertz CT molecular complexity index is 397. The third-order valence-corrected chi connectivity index (χ3v) is 3.69. The first kappa shape index (κ1) is 13.5. The molecule has 100 valence electrons. The van der Waals surface area contributed by atoms with E-state index in [2.05, 4.69) is 4.90 Å². The van der Waals surface area contributed by atoms with Gasteiger partial charge in [0.15, 0.2) is 0 Å². The van der Waals surface area contributed by atoms with Gasteiger partial charge >= 0.3 is 0 Å². The summed E-state index contributed by atoms with van der Waals surface area (Å²) in [5.41, 5.74) is 7.68. The lowest BCUT2D eigenvalue weighted by atomic mass is 10.1. The van der Waals surface area contributed by atoms with Crippen molar-refractivity contribution in [2.24, 2.45) is 11.7 Å². The second kappa shape index (κ2) is 6.27. The van der Waals surface area contributed by atoms with Crippen molar-refractivity contribution in [1.29, 1.82) is 0 Å². The van der Waals surface area contributed by atoms with Gasteiger partial charge in [0, 0.05) is 26.2 Å². The molecular weight excluding hydrogens is 231 g/mol. The fourth-order valence-electron chi connectivity index (χ4n) is 2.66. The number of benzene rings is 1. The molecule has 4 heteroatoms. The van der Waals surface area contributed by atoms with Crippen LogP contribution in [-0.2, 0) is 13.1 Å². The standard InChI is InChI=1S/C14H21FN2O/c15-14-2-1-12(8-16)13(7-14)10-17-5-3-11(9-17)4-6-18/h1-2,7,11,18H,3-6,8-10,16H2. The Labute approximate surface area is 107 Å². The van der Waals surface area contributed by atoms with E-state index in [1.807, 2.05) is 0 Å². The number of nitrogens with two attached hydrogens (primary N) is 1. The van der Waals surface area contributed by atoms with Crippen molar-refractivity contribution in [3.63, 3.8) is 0 Å². The summed E-state index contributed by atoms with van der Waals surface area (Å²) >= 11 is 0. The van der Waals surface area contributed by atoms with Crippen molar-refractivity contribution >= 4 is 0 Å². The summed E-state index contributed by atoms with van der Waals surface area (Å²) in [6, 6.07) is 4.82. The van der Waals surface area contributed by atoms with E-state index in [9.17, 15) is 4.39 Å². The van der Waals surface area contributed by atoms with E-state index in [1.54, 1.807) is 12.1 Å². The van der Waals surface area contributed by atoms with Crippen molar-refractivity contribution in [2.75, 3.05) is 19.7 Å². The van der Waals surface area contributed by atoms with Gasteiger partial charge in [-0.15, -0.1) is 0 Å². The van der Waals surface area contributed by atoms with Crippen LogP contribution in [0.25, 0.3) is 0 Å². The van der Waals surface area contributed by atoms with E-state index in [4.69, 9.17) is 10.8 Å². The minimum Gasteiger partial charge on any atom is -0.396 e. The van der Waals surface area contributed by atoms with Gasteiger partial charge in [0.05, 0.1) is 0 Å². The molecule has 3 N–H and O–H groups in total. The number of aliphatic hydroxyl groups is 1. The second-order valence-corrected chi connectivity index (χ2v) is 5.02. The van der Waals surface area contributed by atoms with Gasteiger partial charge in [-0.1, -0.05) is 6.07 Å². The first-order chi connectivity index (χ1) is 8.72. The van der Waals surface area contributed by atoms with E-state index in [0.29, 0.717) is 12.5 Å². The summed E-state index contributed by atoms with van der Waals surface area (Å²) in [4.78, 5) is 2.31. The van der Waals surface area contributed by atoms with E-state index in [-0.39, 0.29) is 12.4 Å². The molecular formula is C14H21FN2O. The molecule has 1 heterocycles. The zero-order valence-corrected chi connectivity index (χ0v) is 10.6. The second-order valence-electron chi connectivity index (χ2n) is 5.02. The molecule has 1 saturated heterocycles. The maximum Gasteiger partial charge on any atom is 0.123 e. The maximum absolute atomic E-state index is 13.3. The first-order valence-electron chi connectivity index (χ1n) is 6.53. The highest BCUT2D eigenvalue weighted by Gasteiger charge is 2.22. The molecule has 0 saturated carbocycles. The monoisotopic (exact) mass is 252 g/mol. The highest BCUT2D eigenvalue weighted by Crippen LogP contribution is 2.22. The Morgan fingerprint density at radius 1 is 1.39 bits per heavy atom. The number of halogens is 1. The molecule has 1 aliphatic heterocycles. The lowest BCUT2D eigenvalue weighted by molar-refractivity contribution is 0.249. The fourth-order valence-corrected chi connectivity index (χ4v) is 2.66. The zero-order valence-electron chi connectivity index (χ0n) is 10.6. The molecule has 1 atom stereocenters. The van der Waals surface area contributed by atoms with Gasteiger partial charge in [-0.05, 0) is 48.6 Å². The molecule has 1 unspecified atom stereocenters. The van der Waals surface area contributed by atoms with E-state index in [0.717, 1.165) is 43.6 Å². The average Bonchev–Trinajstić information content (AvgIpc) is 2.77. The number of hydrogen-bond donors (Lipinski definition) is 2. The van der Waals surface area contributed by atoms with Crippen LogP contribution in [-0.4, -0.2) is 29.7 Å². The summed E-state index contributed by atoms with van der Waals surface area (Å²) in [6.45, 7) is 3.47. The zero-order chi connectivity index (χ0) is 13.0. The summed E-state index contributed by atoms with van der Waals surface area (Å²) < 4.78 is 13.3. The van der Waals surface area contributed by atoms with Gasteiger partial charge in [0.2, 0.25) is 0 Å². The van der Waals surface area contributed by atoms with Crippen LogP contribution >= 0.6 is 0 Å². The number of likely N-dealkylation sites (tertiary alicyclic amines) is 1. The molecule has 0 aromatic heterocycles. The molecule has 1 aromatic rings. The van der Waals surface area contributed by atoms with E-state index >= 15 is 0 Å². The van der Waals surface area contributed by atoms with Gasteiger partial charge in [0.1, 0.15) is 5.82 Å². The van der Waals surface area contributed by atoms with E-state index in [1.165, 1.54) is 6.07 Å². The smallest absolute Gasteiger partial charge is 0.123 e. The van der Waals surface area contributed by atoms with Crippen LogP contribution in [0, 0.1) is 11.7 Å². The normalized spacial score (nSPS) is 20.5. The third-order valence-electron chi connectivity index (χ3n) is 3.69. The average molecular weight is 252 g/mol. The van der Waals surface area contributed by atoms with Crippen LogP contribution in [0.2, 0.25) is 0 Å². The largest absolute Gasteiger partial charge is 0.396 e. The molecule has 1 fully saturated rings. The molecule has 1 aromatic carbocycles. The number of nitrogens with zero attached hydrogens (tertiary/aromatic N) is 1. The van der Waals surface area contributed by atoms with Crippen LogP contribution in [0.5, 0.6) is 0 Å². The molecule has 1 aliphatic rings. The van der Waals surface area contributed by atoms with Crippen LogP contribution < -0.4 is 5.73 Å². The highest BCUT2D eigenvalue weighted by atomic mass is 19.1. The summed E-state index contributed by atoms with van der Waals surface area (Å²) in [6.07, 6.45) is 1.98.